The molecule has 0 unspecified atom stereocenters. The molecule has 4 rings (SSSR count). The van der Waals surface area contributed by atoms with Crippen molar-refractivity contribution in [1.29, 1.82) is 0 Å². The molecule has 0 atom stereocenters. The summed E-state index contributed by atoms with van der Waals surface area (Å²) in [5.74, 6) is -0.466. The Morgan fingerprint density at radius 3 is 2.37 bits per heavy atom. The molecular formula is C24H21F3N2O5S. The Morgan fingerprint density at radius 1 is 1.06 bits per heavy atom. The third-order valence-electron chi connectivity index (χ3n) is 5.39. The number of hydrogen-bond acceptors (Lipinski definition) is 6. The monoisotopic (exact) mass is 506 g/mol. The van der Waals surface area contributed by atoms with Crippen LogP contribution in [0.5, 0.6) is 5.75 Å². The first-order valence-electron chi connectivity index (χ1n) is 10.5. The van der Waals surface area contributed by atoms with Crippen molar-refractivity contribution < 1.29 is 35.3 Å². The van der Waals surface area contributed by atoms with Gasteiger partial charge in [-0.1, -0.05) is 24.3 Å². The summed E-state index contributed by atoms with van der Waals surface area (Å²) in [6.45, 7) is 2.28. The first-order chi connectivity index (χ1) is 16.4. The maximum Gasteiger partial charge on any atom is 0.573 e. The molecule has 1 aromatic heterocycles. The van der Waals surface area contributed by atoms with Crippen molar-refractivity contribution in [2.45, 2.75) is 33.0 Å². The predicted molar refractivity (Wildman–Crippen MR) is 121 cm³/mol. The minimum Gasteiger partial charge on any atom is -0.406 e. The van der Waals surface area contributed by atoms with Crippen LogP contribution in [0.25, 0.3) is 11.1 Å². The standard InChI is InChI=1S/C24H21F3N2O5S/c1-15-9-18(17-5-6-20(28-11-17)14-33-35(2,31)32)10-19-13-29(23(30)22(15)19)12-16-3-7-21(8-4-16)34-24(25,26)27/h3-11H,12-14H2,1-2H3. The summed E-state index contributed by atoms with van der Waals surface area (Å²) in [6.07, 6.45) is -2.18. The van der Waals surface area contributed by atoms with Crippen molar-refractivity contribution in [1.82, 2.24) is 9.88 Å². The number of hydrogen-bond donors (Lipinski definition) is 0. The second-order valence-electron chi connectivity index (χ2n) is 8.18. The van der Waals surface area contributed by atoms with Crippen molar-refractivity contribution in [3.63, 3.8) is 0 Å². The van der Waals surface area contributed by atoms with Gasteiger partial charge >= 0.3 is 6.36 Å². The van der Waals surface area contributed by atoms with Crippen LogP contribution < -0.4 is 4.74 Å². The van der Waals surface area contributed by atoms with Gasteiger partial charge in [-0.05, 0) is 53.4 Å². The molecule has 184 valence electrons. The first kappa shape index (κ1) is 24.7. The minimum atomic E-state index is -4.76. The number of halogens is 3. The van der Waals surface area contributed by atoms with E-state index in [2.05, 4.69) is 9.72 Å². The summed E-state index contributed by atoms with van der Waals surface area (Å²) >= 11 is 0. The van der Waals surface area contributed by atoms with E-state index in [9.17, 15) is 26.4 Å². The highest BCUT2D eigenvalue weighted by Gasteiger charge is 2.32. The molecule has 1 aliphatic heterocycles. The Kier molecular flexibility index (Phi) is 6.56. The molecule has 35 heavy (non-hydrogen) atoms. The number of pyridine rings is 1. The molecule has 0 spiro atoms. The van der Waals surface area contributed by atoms with Gasteiger partial charge in [0.1, 0.15) is 12.4 Å². The van der Waals surface area contributed by atoms with Gasteiger partial charge in [0.2, 0.25) is 0 Å². The molecule has 0 radical (unpaired) electrons. The normalized spacial score (nSPS) is 13.7. The highest BCUT2D eigenvalue weighted by Crippen LogP contribution is 2.32. The highest BCUT2D eigenvalue weighted by molar-refractivity contribution is 7.85. The zero-order valence-corrected chi connectivity index (χ0v) is 19.6. The lowest BCUT2D eigenvalue weighted by Crippen LogP contribution is -2.23. The Balaban J connectivity index is 1.48. The molecule has 0 saturated heterocycles. The Bertz CT molecular complexity index is 1360. The van der Waals surface area contributed by atoms with Gasteiger partial charge in [0.25, 0.3) is 16.0 Å². The van der Waals surface area contributed by atoms with Crippen LogP contribution in [0.1, 0.15) is 32.7 Å². The SMILES string of the molecule is Cc1cc(-c2ccc(COS(C)(=O)=O)nc2)cc2c1C(=O)N(Cc1ccc(OC(F)(F)F)cc1)C2. The van der Waals surface area contributed by atoms with Crippen LogP contribution in [0.4, 0.5) is 13.2 Å². The molecule has 1 aliphatic rings. The number of carbonyl (C=O) groups is 1. The van der Waals surface area contributed by atoms with Crippen LogP contribution in [0.3, 0.4) is 0 Å². The molecule has 3 aromatic rings. The minimum absolute atomic E-state index is 0.147. The Morgan fingerprint density at radius 2 is 1.77 bits per heavy atom. The van der Waals surface area contributed by atoms with Gasteiger partial charge in [0.05, 0.1) is 11.9 Å². The number of aromatic nitrogens is 1. The maximum absolute atomic E-state index is 13.0. The summed E-state index contributed by atoms with van der Waals surface area (Å²) < 4.78 is 68.0. The van der Waals surface area contributed by atoms with Crippen LogP contribution in [0.2, 0.25) is 0 Å². The van der Waals surface area contributed by atoms with E-state index in [-0.39, 0.29) is 24.8 Å². The van der Waals surface area contributed by atoms with Crippen molar-refractivity contribution in [3.05, 3.63) is 82.7 Å². The second-order valence-corrected chi connectivity index (χ2v) is 9.83. The fourth-order valence-corrected chi connectivity index (χ4v) is 4.22. The topological polar surface area (TPSA) is 85.8 Å². The average Bonchev–Trinajstić information content (AvgIpc) is 3.08. The summed E-state index contributed by atoms with van der Waals surface area (Å²) in [6, 6.07) is 12.7. The zero-order chi connectivity index (χ0) is 25.4. The number of carbonyl (C=O) groups excluding carboxylic acids is 1. The lowest BCUT2D eigenvalue weighted by Gasteiger charge is -2.16. The summed E-state index contributed by atoms with van der Waals surface area (Å²) in [5, 5.41) is 0. The second kappa shape index (κ2) is 9.31. The van der Waals surface area contributed by atoms with Crippen molar-refractivity contribution >= 4 is 16.0 Å². The Labute approximate surface area is 200 Å². The van der Waals surface area contributed by atoms with Gasteiger partial charge in [0.15, 0.2) is 0 Å². The molecular weight excluding hydrogens is 485 g/mol. The van der Waals surface area contributed by atoms with E-state index in [0.29, 0.717) is 23.4 Å². The molecule has 2 aromatic carbocycles. The third kappa shape index (κ3) is 6.17. The number of alkyl halides is 3. The average molecular weight is 507 g/mol. The van der Waals surface area contributed by atoms with Gasteiger partial charge in [-0.3, -0.25) is 14.0 Å². The van der Waals surface area contributed by atoms with Crippen LogP contribution in [-0.2, 0) is 34.0 Å². The van der Waals surface area contributed by atoms with Gasteiger partial charge < -0.3 is 9.64 Å². The number of aryl methyl sites for hydroxylation is 1. The summed E-state index contributed by atoms with van der Waals surface area (Å²) in [5.41, 5.74) is 5.03. The van der Waals surface area contributed by atoms with Crippen molar-refractivity contribution in [2.24, 2.45) is 0 Å². The number of benzene rings is 2. The first-order valence-corrected chi connectivity index (χ1v) is 12.3. The maximum atomic E-state index is 13.0. The molecule has 0 aliphatic carbocycles. The smallest absolute Gasteiger partial charge is 0.406 e. The third-order valence-corrected chi connectivity index (χ3v) is 5.93. The number of nitrogens with zero attached hydrogens (tertiary/aromatic N) is 2. The van der Waals surface area contributed by atoms with Crippen LogP contribution in [0, 0.1) is 6.92 Å². The summed E-state index contributed by atoms with van der Waals surface area (Å²) in [7, 11) is -3.57. The molecule has 11 heteroatoms. The molecule has 2 heterocycles. The van der Waals surface area contributed by atoms with E-state index in [1.54, 1.807) is 23.2 Å². The molecule has 0 saturated carbocycles. The van der Waals surface area contributed by atoms with Crippen LogP contribution in [-0.4, -0.2) is 36.8 Å². The van der Waals surface area contributed by atoms with Gasteiger partial charge in [-0.2, -0.15) is 8.42 Å². The van der Waals surface area contributed by atoms with E-state index in [1.807, 2.05) is 19.1 Å². The number of ether oxygens (including phenoxy) is 1. The van der Waals surface area contributed by atoms with Gasteiger partial charge in [-0.25, -0.2) is 0 Å². The van der Waals surface area contributed by atoms with E-state index in [4.69, 9.17) is 4.18 Å². The predicted octanol–water partition coefficient (Wildman–Crippen LogP) is 4.59. The molecule has 0 bridgehead atoms. The number of rotatable bonds is 7. The fourth-order valence-electron chi connectivity index (χ4n) is 3.89. The van der Waals surface area contributed by atoms with Crippen LogP contribution >= 0.6 is 0 Å². The highest BCUT2D eigenvalue weighted by atomic mass is 32.2. The van der Waals surface area contributed by atoms with Crippen molar-refractivity contribution in [2.75, 3.05) is 6.26 Å². The van der Waals surface area contributed by atoms with E-state index >= 15 is 0 Å². The zero-order valence-electron chi connectivity index (χ0n) is 18.8. The number of fused-ring (bicyclic) bond motifs is 1. The molecule has 0 N–H and O–H groups in total. The fraction of sp³-hybridized carbons (Fsp3) is 0.250. The molecule has 0 fully saturated rings. The van der Waals surface area contributed by atoms with Crippen molar-refractivity contribution in [3.8, 4) is 16.9 Å². The lowest BCUT2D eigenvalue weighted by atomic mass is 9.97. The number of amides is 1. The Hall–Kier alpha value is -3.44. The largest absolute Gasteiger partial charge is 0.573 e. The quantitative estimate of drug-likeness (QED) is 0.436. The van der Waals surface area contributed by atoms with E-state index in [0.717, 1.165) is 28.5 Å². The summed E-state index contributed by atoms with van der Waals surface area (Å²) in [4.78, 5) is 18.9. The lowest BCUT2D eigenvalue weighted by molar-refractivity contribution is -0.274. The van der Waals surface area contributed by atoms with Crippen LogP contribution in [0.15, 0.2) is 54.7 Å². The van der Waals surface area contributed by atoms with Gasteiger partial charge in [0, 0.05) is 30.4 Å². The van der Waals surface area contributed by atoms with E-state index < -0.39 is 16.5 Å². The molecule has 7 nitrogen and oxygen atoms in total. The van der Waals surface area contributed by atoms with E-state index in [1.165, 1.54) is 24.3 Å². The molecule has 1 amide bonds. The van der Waals surface area contributed by atoms with Gasteiger partial charge in [-0.15, -0.1) is 13.2 Å².